The van der Waals surface area contributed by atoms with Crippen molar-refractivity contribution < 1.29 is 9.59 Å². The molecule has 5 rings (SSSR count). The Morgan fingerprint density at radius 1 is 1.23 bits per heavy atom. The fourth-order valence-electron chi connectivity index (χ4n) is 4.09. The van der Waals surface area contributed by atoms with Gasteiger partial charge in [-0.1, -0.05) is 0 Å². The van der Waals surface area contributed by atoms with Crippen LogP contribution in [0, 0.1) is 0 Å². The molecule has 3 aromatic rings. The maximum atomic E-state index is 12.8. The van der Waals surface area contributed by atoms with Gasteiger partial charge in [0.25, 0.3) is 5.91 Å². The molecule has 1 aromatic carbocycles. The van der Waals surface area contributed by atoms with Crippen LogP contribution in [0.1, 0.15) is 32.7 Å². The van der Waals surface area contributed by atoms with E-state index >= 15 is 0 Å². The Kier molecular flexibility index (Phi) is 4.76. The molecule has 1 atom stereocenters. The summed E-state index contributed by atoms with van der Waals surface area (Å²) < 4.78 is 1.77. The summed E-state index contributed by atoms with van der Waals surface area (Å²) >= 11 is 0. The first-order chi connectivity index (χ1) is 14.7. The van der Waals surface area contributed by atoms with E-state index in [1.54, 1.807) is 41.6 Å². The third kappa shape index (κ3) is 3.46. The molecule has 2 aromatic heterocycles. The maximum Gasteiger partial charge on any atom is 0.255 e. The first kappa shape index (κ1) is 18.5. The number of fused-ring (bicyclic) bond motifs is 3. The summed E-state index contributed by atoms with van der Waals surface area (Å²) in [5.41, 5.74) is 3.79. The zero-order chi connectivity index (χ0) is 20.5. The zero-order valence-electron chi connectivity index (χ0n) is 16.4. The third-order valence-corrected chi connectivity index (χ3v) is 5.59. The molecule has 0 spiro atoms. The number of aromatic nitrogens is 3. The van der Waals surface area contributed by atoms with Crippen molar-refractivity contribution in [2.24, 2.45) is 0 Å². The number of nitrogens with one attached hydrogen (secondary N) is 2. The highest BCUT2D eigenvalue weighted by atomic mass is 16.1. The van der Waals surface area contributed by atoms with Crippen molar-refractivity contribution >= 4 is 23.1 Å². The van der Waals surface area contributed by atoms with Gasteiger partial charge in [-0.2, -0.15) is 5.10 Å². The Labute approximate surface area is 173 Å². The van der Waals surface area contributed by atoms with Crippen molar-refractivity contribution in [3.8, 4) is 0 Å². The molecule has 0 radical (unpaired) electrons. The topological polar surface area (TPSA) is 92.2 Å². The van der Waals surface area contributed by atoms with E-state index in [9.17, 15) is 9.59 Å². The van der Waals surface area contributed by atoms with Crippen LogP contribution in [0.4, 0.5) is 11.4 Å². The second-order valence-electron chi connectivity index (χ2n) is 7.60. The minimum absolute atomic E-state index is 0.128. The van der Waals surface area contributed by atoms with Crippen LogP contribution in [-0.2, 0) is 6.54 Å². The number of ketones is 1. The molecular formula is C22H22N6O2. The van der Waals surface area contributed by atoms with Gasteiger partial charge >= 0.3 is 0 Å². The van der Waals surface area contributed by atoms with E-state index in [-0.39, 0.29) is 17.7 Å². The van der Waals surface area contributed by atoms with Gasteiger partial charge < -0.3 is 15.5 Å². The molecule has 8 nitrogen and oxygen atoms in total. The summed E-state index contributed by atoms with van der Waals surface area (Å²) in [6.07, 6.45) is 7.88. The second-order valence-corrected chi connectivity index (χ2v) is 7.60. The molecule has 4 heterocycles. The van der Waals surface area contributed by atoms with E-state index in [2.05, 4.69) is 25.6 Å². The highest BCUT2D eigenvalue weighted by Crippen LogP contribution is 2.34. The summed E-state index contributed by atoms with van der Waals surface area (Å²) in [5.74, 6) is -0.0890. The monoisotopic (exact) mass is 402 g/mol. The summed E-state index contributed by atoms with van der Waals surface area (Å²) in [4.78, 5) is 31.7. The number of carbonyl (C=O) groups is 2. The molecule has 8 heteroatoms. The van der Waals surface area contributed by atoms with Crippen molar-refractivity contribution in [1.82, 2.24) is 20.1 Å². The molecule has 152 valence electrons. The molecule has 2 aliphatic heterocycles. The number of hydrogen-bond donors (Lipinski definition) is 2. The van der Waals surface area contributed by atoms with Gasteiger partial charge in [0.05, 0.1) is 18.4 Å². The number of Topliss-reactive ketones (excluding diaryl/α,β-unsaturated/α-hetero) is 1. The van der Waals surface area contributed by atoms with E-state index in [1.807, 2.05) is 18.2 Å². The van der Waals surface area contributed by atoms with Gasteiger partial charge in [-0.05, 0) is 48.9 Å². The first-order valence-electron chi connectivity index (χ1n) is 10.1. The quantitative estimate of drug-likeness (QED) is 0.693. The lowest BCUT2D eigenvalue weighted by Crippen LogP contribution is -2.40. The van der Waals surface area contributed by atoms with E-state index in [1.165, 1.54) is 0 Å². The number of hydrogen-bond acceptors (Lipinski definition) is 6. The number of nitrogens with zero attached hydrogens (tertiary/aromatic N) is 4. The lowest BCUT2D eigenvalue weighted by Gasteiger charge is -2.23. The number of pyridine rings is 1. The Morgan fingerprint density at radius 2 is 2.10 bits per heavy atom. The van der Waals surface area contributed by atoms with Crippen LogP contribution < -0.4 is 15.5 Å². The van der Waals surface area contributed by atoms with Crippen LogP contribution in [0.15, 0.2) is 55.1 Å². The van der Waals surface area contributed by atoms with Crippen molar-refractivity contribution in [2.45, 2.75) is 19.0 Å². The fraction of sp³-hybridized carbons (Fsp3) is 0.273. The molecule has 1 saturated heterocycles. The van der Waals surface area contributed by atoms with Gasteiger partial charge in [0.1, 0.15) is 6.04 Å². The van der Waals surface area contributed by atoms with Crippen LogP contribution in [0.25, 0.3) is 0 Å². The van der Waals surface area contributed by atoms with Crippen molar-refractivity contribution in [3.63, 3.8) is 0 Å². The van der Waals surface area contributed by atoms with Crippen molar-refractivity contribution in [2.75, 3.05) is 29.9 Å². The van der Waals surface area contributed by atoms with E-state index in [0.717, 1.165) is 30.8 Å². The lowest BCUT2D eigenvalue weighted by molar-refractivity contribution is 0.0970. The lowest BCUT2D eigenvalue weighted by atomic mass is 10.1. The van der Waals surface area contributed by atoms with Crippen LogP contribution in [0.5, 0.6) is 0 Å². The van der Waals surface area contributed by atoms with E-state index in [0.29, 0.717) is 29.9 Å². The van der Waals surface area contributed by atoms with Crippen LogP contribution in [0.2, 0.25) is 0 Å². The van der Waals surface area contributed by atoms with Gasteiger partial charge in [0.15, 0.2) is 5.78 Å². The van der Waals surface area contributed by atoms with E-state index in [4.69, 9.17) is 0 Å². The number of anilines is 2. The van der Waals surface area contributed by atoms with E-state index < -0.39 is 0 Å². The van der Waals surface area contributed by atoms with Gasteiger partial charge in [-0.25, -0.2) is 0 Å². The predicted molar refractivity (Wildman–Crippen MR) is 113 cm³/mol. The van der Waals surface area contributed by atoms with Crippen molar-refractivity contribution in [3.05, 3.63) is 71.8 Å². The standard InChI is InChI=1S/C22H22N6O2/c29-21-18-3-2-16(10-19(18)28-9-1-6-24-12-20(21)28)22(30)26-17-11-25-27(14-17)13-15-4-7-23-8-5-15/h2-5,7-8,10-11,14,20,24H,1,6,9,12-13H2,(H,26,30). The SMILES string of the molecule is O=C(Nc1cnn(Cc2ccncc2)c1)c1ccc2c(c1)N1CCCNCC1C2=O. The molecule has 0 aliphatic carbocycles. The summed E-state index contributed by atoms with van der Waals surface area (Å²) in [5, 5.41) is 10.5. The number of carbonyl (C=O) groups excluding carboxylic acids is 2. The third-order valence-electron chi connectivity index (χ3n) is 5.59. The second kappa shape index (κ2) is 7.72. The van der Waals surface area contributed by atoms with Gasteiger partial charge in [0, 0.05) is 48.5 Å². The number of rotatable bonds is 4. The minimum Gasteiger partial charge on any atom is -0.359 e. The molecular weight excluding hydrogens is 380 g/mol. The Balaban J connectivity index is 1.32. The Hall–Kier alpha value is -3.52. The molecule has 0 bridgehead atoms. The van der Waals surface area contributed by atoms with Crippen molar-refractivity contribution in [1.29, 1.82) is 0 Å². The normalized spacial score (nSPS) is 17.9. The molecule has 2 aliphatic rings. The predicted octanol–water partition coefficient (Wildman–Crippen LogP) is 1.94. The first-order valence-corrected chi connectivity index (χ1v) is 10.1. The largest absolute Gasteiger partial charge is 0.359 e. The molecule has 30 heavy (non-hydrogen) atoms. The van der Waals surface area contributed by atoms with Crippen LogP contribution in [0.3, 0.4) is 0 Å². The van der Waals surface area contributed by atoms with Gasteiger partial charge in [-0.15, -0.1) is 0 Å². The summed E-state index contributed by atoms with van der Waals surface area (Å²) in [6.45, 7) is 2.96. The average molecular weight is 402 g/mol. The summed E-state index contributed by atoms with van der Waals surface area (Å²) in [6, 6.07) is 9.00. The highest BCUT2D eigenvalue weighted by molar-refractivity contribution is 6.13. The zero-order valence-corrected chi connectivity index (χ0v) is 16.4. The van der Waals surface area contributed by atoms with Gasteiger partial charge in [-0.3, -0.25) is 19.3 Å². The molecule has 2 N–H and O–H groups in total. The highest BCUT2D eigenvalue weighted by Gasteiger charge is 2.37. The molecule has 1 unspecified atom stereocenters. The van der Waals surface area contributed by atoms with Crippen LogP contribution in [-0.4, -0.2) is 52.1 Å². The fourth-order valence-corrected chi connectivity index (χ4v) is 4.09. The summed E-state index contributed by atoms with van der Waals surface area (Å²) in [7, 11) is 0. The smallest absolute Gasteiger partial charge is 0.255 e. The Morgan fingerprint density at radius 3 is 2.97 bits per heavy atom. The Bertz CT molecular complexity index is 1090. The molecule has 1 amide bonds. The molecule has 0 saturated carbocycles. The maximum absolute atomic E-state index is 12.8. The number of benzene rings is 1. The minimum atomic E-state index is -0.217. The molecule has 1 fully saturated rings. The average Bonchev–Trinajstić information content (AvgIpc) is 3.19. The van der Waals surface area contributed by atoms with Crippen LogP contribution >= 0.6 is 0 Å². The number of amides is 1. The van der Waals surface area contributed by atoms with Gasteiger partial charge in [0.2, 0.25) is 0 Å².